The molecule has 7 nitrogen and oxygen atoms in total. The Kier molecular flexibility index (Phi) is 6.37. The molecule has 2 heterocycles. The summed E-state index contributed by atoms with van der Waals surface area (Å²) in [4.78, 5) is 35.7. The Hall–Kier alpha value is -3.22. The molecule has 0 radical (unpaired) electrons. The predicted octanol–water partition coefficient (Wildman–Crippen LogP) is 3.15. The number of para-hydroxylation sites is 1. The number of nitrogens with zero attached hydrogens (tertiary/aromatic N) is 2. The van der Waals surface area contributed by atoms with E-state index in [1.165, 1.54) is 0 Å². The van der Waals surface area contributed by atoms with Crippen molar-refractivity contribution in [3.05, 3.63) is 65.0 Å². The van der Waals surface area contributed by atoms with Crippen LogP contribution >= 0.6 is 0 Å². The van der Waals surface area contributed by atoms with Gasteiger partial charge in [0.1, 0.15) is 11.6 Å². The van der Waals surface area contributed by atoms with Crippen LogP contribution in [0.15, 0.2) is 53.6 Å². The highest BCUT2D eigenvalue weighted by atomic mass is 16.5. The van der Waals surface area contributed by atoms with Gasteiger partial charge < -0.3 is 15.0 Å². The van der Waals surface area contributed by atoms with Crippen molar-refractivity contribution in [2.24, 2.45) is 0 Å². The first kappa shape index (κ1) is 20.1. The van der Waals surface area contributed by atoms with Crippen molar-refractivity contribution in [3.8, 4) is 5.75 Å². The molecule has 2 N–H and O–H groups in total. The van der Waals surface area contributed by atoms with Gasteiger partial charge in [-0.3, -0.25) is 14.6 Å². The van der Waals surface area contributed by atoms with Gasteiger partial charge in [-0.25, -0.2) is 4.98 Å². The highest BCUT2D eigenvalue weighted by molar-refractivity contribution is 5.77. The molecule has 0 saturated heterocycles. The maximum Gasteiger partial charge on any atom is 0.258 e. The lowest BCUT2D eigenvalue weighted by molar-refractivity contribution is -0.122. The van der Waals surface area contributed by atoms with Crippen molar-refractivity contribution in [2.75, 3.05) is 0 Å². The van der Waals surface area contributed by atoms with Gasteiger partial charge in [0.25, 0.3) is 5.56 Å². The minimum atomic E-state index is -0.134. The number of hydrogen-bond acceptors (Lipinski definition) is 5. The van der Waals surface area contributed by atoms with Gasteiger partial charge in [-0.1, -0.05) is 12.1 Å². The molecule has 1 aromatic carbocycles. The summed E-state index contributed by atoms with van der Waals surface area (Å²) in [5, 5.41) is 3.72. The number of nitrogens with one attached hydrogen (secondary N) is 2. The summed E-state index contributed by atoms with van der Waals surface area (Å²) < 4.78 is 5.97. The molecule has 0 atom stereocenters. The topological polar surface area (TPSA) is 97.0 Å². The number of hydrogen-bond donors (Lipinski definition) is 2. The van der Waals surface area contributed by atoms with Gasteiger partial charge in [0.2, 0.25) is 5.91 Å². The summed E-state index contributed by atoms with van der Waals surface area (Å²) in [5.74, 6) is 1.52. The number of aromatic amines is 1. The second-order valence-corrected chi connectivity index (χ2v) is 7.73. The zero-order valence-corrected chi connectivity index (χ0v) is 16.8. The average molecular weight is 406 g/mol. The minimum absolute atomic E-state index is 0.0524. The molecule has 2 aromatic heterocycles. The van der Waals surface area contributed by atoms with Gasteiger partial charge >= 0.3 is 0 Å². The quantitative estimate of drug-likeness (QED) is 0.628. The van der Waals surface area contributed by atoms with Gasteiger partial charge in [0.05, 0.1) is 17.0 Å². The molecule has 1 aliphatic rings. The molecule has 0 aliphatic heterocycles. The second kappa shape index (κ2) is 9.52. The highest BCUT2D eigenvalue weighted by Crippen LogP contribution is 2.23. The van der Waals surface area contributed by atoms with Gasteiger partial charge in [-0.2, -0.15) is 0 Å². The highest BCUT2D eigenvalue weighted by Gasteiger charge is 2.23. The number of fused-ring (bicyclic) bond motifs is 1. The number of carbonyl (C=O) groups excluding carboxylic acids is 1. The molecule has 3 aromatic rings. The largest absolute Gasteiger partial charge is 0.490 e. The second-order valence-electron chi connectivity index (χ2n) is 7.73. The van der Waals surface area contributed by atoms with Gasteiger partial charge in [0, 0.05) is 31.3 Å². The summed E-state index contributed by atoms with van der Waals surface area (Å²) in [6, 6.07) is 11.2. The fourth-order valence-electron chi connectivity index (χ4n) is 3.90. The third kappa shape index (κ3) is 5.23. The van der Waals surface area contributed by atoms with E-state index in [-0.39, 0.29) is 23.6 Å². The van der Waals surface area contributed by atoms with Crippen molar-refractivity contribution in [2.45, 2.75) is 57.1 Å². The van der Waals surface area contributed by atoms with E-state index in [2.05, 4.69) is 20.3 Å². The van der Waals surface area contributed by atoms with Crippen molar-refractivity contribution < 1.29 is 9.53 Å². The normalized spacial score (nSPS) is 18.8. The number of amides is 1. The van der Waals surface area contributed by atoms with E-state index in [0.29, 0.717) is 36.0 Å². The molecule has 4 rings (SSSR count). The number of ether oxygens (including phenoxy) is 1. The molecule has 1 saturated carbocycles. The zero-order chi connectivity index (χ0) is 20.8. The molecule has 1 fully saturated rings. The standard InChI is InChI=1S/C23H26N4O3/c28-22(7-3-6-21-26-20-5-2-1-4-19(20)23(29)27-21)25-16-8-10-17(11-9-16)30-18-12-14-24-15-13-18/h1-2,4-5,12-17H,3,6-11H2,(H,25,28)(H,26,27,29)/t16-,17-. The Morgan fingerprint density at radius 2 is 1.87 bits per heavy atom. The Morgan fingerprint density at radius 1 is 1.10 bits per heavy atom. The number of benzene rings is 1. The van der Waals surface area contributed by atoms with Crippen LogP contribution in [0, 0.1) is 0 Å². The SMILES string of the molecule is O=C(CCCc1nc2ccccc2c(=O)[nH]1)N[C@H]1CC[C@H](Oc2ccncc2)CC1. The van der Waals surface area contributed by atoms with Crippen molar-refractivity contribution in [3.63, 3.8) is 0 Å². The van der Waals surface area contributed by atoms with Crippen LogP contribution in [0.2, 0.25) is 0 Å². The summed E-state index contributed by atoms with van der Waals surface area (Å²) in [6.45, 7) is 0. The van der Waals surface area contributed by atoms with Gasteiger partial charge in [-0.15, -0.1) is 0 Å². The Balaban J connectivity index is 1.19. The number of rotatable bonds is 7. The van der Waals surface area contributed by atoms with Crippen LogP contribution in [0.4, 0.5) is 0 Å². The van der Waals surface area contributed by atoms with E-state index in [9.17, 15) is 9.59 Å². The van der Waals surface area contributed by atoms with Crippen LogP contribution in [0.1, 0.15) is 44.3 Å². The molecule has 156 valence electrons. The maximum absolute atomic E-state index is 12.3. The number of aryl methyl sites for hydroxylation is 1. The smallest absolute Gasteiger partial charge is 0.258 e. The molecule has 30 heavy (non-hydrogen) atoms. The molecular weight excluding hydrogens is 380 g/mol. The van der Waals surface area contributed by atoms with E-state index in [0.717, 1.165) is 31.4 Å². The molecule has 1 aliphatic carbocycles. The third-order valence-corrected chi connectivity index (χ3v) is 5.47. The lowest BCUT2D eigenvalue weighted by Crippen LogP contribution is -2.39. The van der Waals surface area contributed by atoms with Crippen LogP contribution in [0.25, 0.3) is 10.9 Å². The number of pyridine rings is 1. The van der Waals surface area contributed by atoms with Crippen molar-refractivity contribution in [1.29, 1.82) is 0 Å². The molecule has 0 unspecified atom stereocenters. The fraction of sp³-hybridized carbons (Fsp3) is 0.391. The first-order valence-corrected chi connectivity index (χ1v) is 10.5. The van der Waals surface area contributed by atoms with E-state index < -0.39 is 0 Å². The lowest BCUT2D eigenvalue weighted by atomic mass is 9.92. The minimum Gasteiger partial charge on any atom is -0.490 e. The third-order valence-electron chi connectivity index (χ3n) is 5.47. The summed E-state index contributed by atoms with van der Waals surface area (Å²) in [5.41, 5.74) is 0.553. The van der Waals surface area contributed by atoms with Gasteiger partial charge in [-0.05, 0) is 56.4 Å². The molecule has 0 spiro atoms. The first-order chi connectivity index (χ1) is 14.7. The first-order valence-electron chi connectivity index (χ1n) is 10.5. The Labute approximate surface area is 174 Å². The number of H-pyrrole nitrogens is 1. The fourth-order valence-corrected chi connectivity index (χ4v) is 3.90. The summed E-state index contributed by atoms with van der Waals surface area (Å²) >= 11 is 0. The van der Waals surface area contributed by atoms with Crippen LogP contribution in [0.3, 0.4) is 0 Å². The van der Waals surface area contributed by atoms with Crippen LogP contribution in [0.5, 0.6) is 5.75 Å². The van der Waals surface area contributed by atoms with E-state index in [4.69, 9.17) is 4.74 Å². The molecule has 7 heteroatoms. The monoisotopic (exact) mass is 406 g/mol. The van der Waals surface area contributed by atoms with Crippen molar-refractivity contribution in [1.82, 2.24) is 20.3 Å². The van der Waals surface area contributed by atoms with Crippen LogP contribution in [-0.4, -0.2) is 33.0 Å². The average Bonchev–Trinajstić information content (AvgIpc) is 2.76. The molecular formula is C23H26N4O3. The van der Waals surface area contributed by atoms with Crippen LogP contribution < -0.4 is 15.6 Å². The van der Waals surface area contributed by atoms with E-state index in [1.807, 2.05) is 30.3 Å². The van der Waals surface area contributed by atoms with Gasteiger partial charge in [0.15, 0.2) is 0 Å². The number of aromatic nitrogens is 3. The Bertz CT molecular complexity index is 1040. The number of carbonyl (C=O) groups is 1. The van der Waals surface area contributed by atoms with Crippen molar-refractivity contribution >= 4 is 16.8 Å². The molecule has 0 bridgehead atoms. The Morgan fingerprint density at radius 3 is 2.67 bits per heavy atom. The summed E-state index contributed by atoms with van der Waals surface area (Å²) in [7, 11) is 0. The lowest BCUT2D eigenvalue weighted by Gasteiger charge is -2.29. The zero-order valence-electron chi connectivity index (χ0n) is 16.8. The van der Waals surface area contributed by atoms with E-state index >= 15 is 0 Å². The van der Waals surface area contributed by atoms with E-state index in [1.54, 1.807) is 18.5 Å². The summed E-state index contributed by atoms with van der Waals surface area (Å²) in [6.07, 6.45) is 8.97. The van der Waals surface area contributed by atoms with Crippen LogP contribution in [-0.2, 0) is 11.2 Å². The maximum atomic E-state index is 12.3. The predicted molar refractivity (Wildman–Crippen MR) is 114 cm³/mol. The molecule has 1 amide bonds.